The summed E-state index contributed by atoms with van der Waals surface area (Å²) in [5, 5.41) is 6.81. The first-order valence-corrected chi connectivity index (χ1v) is 15.4. The van der Waals surface area contributed by atoms with Gasteiger partial charge in [-0.1, -0.05) is 121 Å². The number of anilines is 3. The summed E-state index contributed by atoms with van der Waals surface area (Å²) in [6, 6.07) is 50.4. The van der Waals surface area contributed by atoms with E-state index in [4.69, 9.17) is 19.4 Å². The molecule has 0 unspecified atom stereocenters. The molecular weight excluding hydrogens is 564 g/mol. The number of fused-ring (bicyclic) bond motifs is 7. The summed E-state index contributed by atoms with van der Waals surface area (Å²) in [6.45, 7) is 0. The number of hydrogen-bond donors (Lipinski definition) is 0. The predicted molar refractivity (Wildman–Crippen MR) is 187 cm³/mol. The molecular formula is C41H24N4O. The molecule has 7 aromatic carbocycles. The van der Waals surface area contributed by atoms with Crippen LogP contribution >= 0.6 is 0 Å². The van der Waals surface area contributed by atoms with E-state index in [9.17, 15) is 0 Å². The van der Waals surface area contributed by atoms with E-state index >= 15 is 0 Å². The van der Waals surface area contributed by atoms with Crippen LogP contribution in [0.4, 0.5) is 17.3 Å². The molecule has 0 aliphatic carbocycles. The minimum atomic E-state index is 0.563. The van der Waals surface area contributed by atoms with Crippen molar-refractivity contribution in [3.8, 4) is 33.9 Å². The van der Waals surface area contributed by atoms with Crippen LogP contribution in [-0.4, -0.2) is 15.0 Å². The molecule has 3 heterocycles. The van der Waals surface area contributed by atoms with E-state index < -0.39 is 0 Å². The van der Waals surface area contributed by atoms with Crippen molar-refractivity contribution < 1.29 is 4.42 Å². The van der Waals surface area contributed by atoms with E-state index in [1.54, 1.807) is 0 Å². The zero-order chi connectivity index (χ0) is 30.2. The Labute approximate surface area is 264 Å². The molecule has 0 N–H and O–H groups in total. The highest BCUT2D eigenvalue weighted by Crippen LogP contribution is 2.52. The van der Waals surface area contributed by atoms with E-state index in [2.05, 4.69) is 95.9 Å². The number of aromatic nitrogens is 3. The Hall–Kier alpha value is -6.33. The Morgan fingerprint density at radius 2 is 1.17 bits per heavy atom. The molecule has 0 saturated carbocycles. The summed E-state index contributed by atoms with van der Waals surface area (Å²) in [4.78, 5) is 17.7. The number of hydrogen-bond acceptors (Lipinski definition) is 5. The Balaban J connectivity index is 1.28. The van der Waals surface area contributed by atoms with Crippen molar-refractivity contribution in [3.05, 3.63) is 146 Å². The van der Waals surface area contributed by atoms with Crippen LogP contribution in [0.1, 0.15) is 0 Å². The highest BCUT2D eigenvalue weighted by Gasteiger charge is 2.30. The third kappa shape index (κ3) is 3.66. The van der Waals surface area contributed by atoms with Gasteiger partial charge in [-0.15, -0.1) is 0 Å². The van der Waals surface area contributed by atoms with Gasteiger partial charge in [0.15, 0.2) is 11.6 Å². The van der Waals surface area contributed by atoms with Gasteiger partial charge in [0.25, 0.3) is 0 Å². The van der Waals surface area contributed by atoms with E-state index in [1.807, 2.05) is 54.6 Å². The molecule has 1 aliphatic rings. The van der Waals surface area contributed by atoms with Crippen molar-refractivity contribution in [2.24, 2.45) is 0 Å². The molecule has 2 aromatic heterocycles. The fourth-order valence-electron chi connectivity index (χ4n) is 6.95. The monoisotopic (exact) mass is 588 g/mol. The number of benzene rings is 7. The molecule has 46 heavy (non-hydrogen) atoms. The topological polar surface area (TPSA) is 55.1 Å². The van der Waals surface area contributed by atoms with Gasteiger partial charge in [-0.25, -0.2) is 4.98 Å². The van der Waals surface area contributed by atoms with Crippen LogP contribution in [0.5, 0.6) is 0 Å². The summed E-state index contributed by atoms with van der Waals surface area (Å²) in [5.41, 5.74) is 7.91. The lowest BCUT2D eigenvalue weighted by molar-refractivity contribution is 0.669. The highest BCUT2D eigenvalue weighted by atomic mass is 16.3. The van der Waals surface area contributed by atoms with Crippen LogP contribution in [0.2, 0.25) is 0 Å². The van der Waals surface area contributed by atoms with Crippen LogP contribution in [0.25, 0.3) is 77.4 Å². The van der Waals surface area contributed by atoms with Gasteiger partial charge in [0.2, 0.25) is 5.95 Å². The van der Waals surface area contributed by atoms with Crippen molar-refractivity contribution >= 4 is 60.8 Å². The first-order valence-electron chi connectivity index (χ1n) is 15.4. The average Bonchev–Trinajstić information content (AvgIpc) is 3.50. The quantitative estimate of drug-likeness (QED) is 0.205. The highest BCUT2D eigenvalue weighted by molar-refractivity contribution is 6.18. The van der Waals surface area contributed by atoms with Crippen molar-refractivity contribution in [3.63, 3.8) is 0 Å². The molecule has 0 bridgehead atoms. The van der Waals surface area contributed by atoms with Gasteiger partial charge in [-0.05, 0) is 40.6 Å². The summed E-state index contributed by atoms with van der Waals surface area (Å²) in [7, 11) is 0. The summed E-state index contributed by atoms with van der Waals surface area (Å²) in [5.74, 6) is 1.75. The second-order valence-electron chi connectivity index (χ2n) is 11.7. The lowest BCUT2D eigenvalue weighted by Crippen LogP contribution is -2.19. The molecule has 0 amide bonds. The SMILES string of the molecule is c1ccc(-c2nc(-c3ccc4c(c3)oc3ccccc34)nc(N3c4c(ccc5ccccc45)-c4cccc5cccc3c45)n2)cc1. The molecule has 0 saturated heterocycles. The Bertz CT molecular complexity index is 2650. The molecule has 214 valence electrons. The minimum Gasteiger partial charge on any atom is -0.456 e. The molecule has 0 spiro atoms. The van der Waals surface area contributed by atoms with Gasteiger partial charge >= 0.3 is 0 Å². The van der Waals surface area contributed by atoms with Crippen molar-refractivity contribution in [2.75, 3.05) is 4.90 Å². The van der Waals surface area contributed by atoms with Gasteiger partial charge in [0, 0.05) is 38.2 Å². The number of para-hydroxylation sites is 1. The summed E-state index contributed by atoms with van der Waals surface area (Å²) < 4.78 is 6.27. The molecule has 10 rings (SSSR count). The molecule has 0 radical (unpaired) electrons. The van der Waals surface area contributed by atoms with E-state index in [0.717, 1.165) is 60.8 Å². The van der Waals surface area contributed by atoms with Crippen LogP contribution in [0, 0.1) is 0 Å². The van der Waals surface area contributed by atoms with Crippen LogP contribution in [0.3, 0.4) is 0 Å². The fraction of sp³-hybridized carbons (Fsp3) is 0. The maximum absolute atomic E-state index is 6.27. The Morgan fingerprint density at radius 1 is 0.457 bits per heavy atom. The lowest BCUT2D eigenvalue weighted by Gasteiger charge is -2.33. The molecule has 5 heteroatoms. The number of nitrogens with zero attached hydrogens (tertiary/aromatic N) is 4. The molecule has 0 fully saturated rings. The molecule has 1 aliphatic heterocycles. The van der Waals surface area contributed by atoms with E-state index in [1.165, 1.54) is 16.3 Å². The summed E-state index contributed by atoms with van der Waals surface area (Å²) in [6.07, 6.45) is 0. The molecule has 5 nitrogen and oxygen atoms in total. The first-order chi connectivity index (χ1) is 22.8. The third-order valence-electron chi connectivity index (χ3n) is 9.03. The normalized spacial score (nSPS) is 12.3. The molecule has 9 aromatic rings. The second kappa shape index (κ2) is 9.58. The van der Waals surface area contributed by atoms with Gasteiger partial charge < -0.3 is 4.42 Å². The zero-order valence-electron chi connectivity index (χ0n) is 24.6. The van der Waals surface area contributed by atoms with E-state index in [0.29, 0.717) is 17.6 Å². The third-order valence-corrected chi connectivity index (χ3v) is 9.03. The number of furan rings is 1. The first kappa shape index (κ1) is 25.0. The molecule has 0 atom stereocenters. The smallest absolute Gasteiger partial charge is 0.238 e. The van der Waals surface area contributed by atoms with Crippen molar-refractivity contribution in [2.45, 2.75) is 0 Å². The minimum absolute atomic E-state index is 0.563. The average molecular weight is 589 g/mol. The largest absolute Gasteiger partial charge is 0.456 e. The maximum Gasteiger partial charge on any atom is 0.238 e. The number of rotatable bonds is 3. The predicted octanol–water partition coefficient (Wildman–Crippen LogP) is 10.9. The van der Waals surface area contributed by atoms with Gasteiger partial charge in [0.05, 0.1) is 11.4 Å². The van der Waals surface area contributed by atoms with Crippen LogP contribution < -0.4 is 4.90 Å². The Kier molecular flexibility index (Phi) is 5.22. The summed E-state index contributed by atoms with van der Waals surface area (Å²) >= 11 is 0. The standard InChI is InChI=1S/C41H24N4O/c1-2-11-27(12-3-1)39-42-40(28-21-22-31-30-16-6-7-19-35(30)46-36(31)24-28)44-41(43-39)45-34-18-9-14-26-13-8-17-32(37(26)34)33-23-20-25-10-4-5-15-29(25)38(33)45/h1-24H. The lowest BCUT2D eigenvalue weighted by atomic mass is 9.89. The Morgan fingerprint density at radius 3 is 2.07 bits per heavy atom. The maximum atomic E-state index is 6.27. The van der Waals surface area contributed by atoms with Gasteiger partial charge in [-0.3, -0.25) is 4.90 Å². The van der Waals surface area contributed by atoms with Crippen molar-refractivity contribution in [1.29, 1.82) is 0 Å². The van der Waals surface area contributed by atoms with Crippen LogP contribution in [-0.2, 0) is 0 Å². The van der Waals surface area contributed by atoms with Gasteiger partial charge in [0.1, 0.15) is 11.2 Å². The van der Waals surface area contributed by atoms with Gasteiger partial charge in [-0.2, -0.15) is 9.97 Å². The zero-order valence-corrected chi connectivity index (χ0v) is 24.6. The fourth-order valence-corrected chi connectivity index (χ4v) is 6.95. The van der Waals surface area contributed by atoms with Crippen LogP contribution in [0.15, 0.2) is 150 Å². The van der Waals surface area contributed by atoms with Crippen molar-refractivity contribution in [1.82, 2.24) is 15.0 Å². The van der Waals surface area contributed by atoms with E-state index in [-0.39, 0.29) is 0 Å². The second-order valence-corrected chi connectivity index (χ2v) is 11.7.